The van der Waals surface area contributed by atoms with Gasteiger partial charge in [-0.2, -0.15) is 0 Å². The lowest BCUT2D eigenvalue weighted by molar-refractivity contribution is 0.0903. The summed E-state index contributed by atoms with van der Waals surface area (Å²) in [6, 6.07) is 1.87. The Labute approximate surface area is 107 Å². The minimum absolute atomic E-state index is 0.249. The van der Waals surface area contributed by atoms with Crippen LogP contribution in [0.4, 0.5) is 0 Å². The molecule has 102 valence electrons. The molecule has 1 aromatic rings. The molecule has 0 aromatic carbocycles. The van der Waals surface area contributed by atoms with Crippen molar-refractivity contribution in [1.29, 1.82) is 0 Å². The average Bonchev–Trinajstić information content (AvgIpc) is 2.83. The molecule has 0 aliphatic carbocycles. The van der Waals surface area contributed by atoms with Gasteiger partial charge in [-0.25, -0.2) is 5.84 Å². The van der Waals surface area contributed by atoms with Crippen molar-refractivity contribution in [2.45, 2.75) is 26.4 Å². The molecule has 1 unspecified atom stereocenters. The van der Waals surface area contributed by atoms with Gasteiger partial charge in [-0.1, -0.05) is 6.92 Å². The molecule has 1 rings (SSSR count). The zero-order valence-electron chi connectivity index (χ0n) is 11.1. The number of furan rings is 1. The van der Waals surface area contributed by atoms with Crippen molar-refractivity contribution >= 4 is 5.91 Å². The second-order valence-corrected chi connectivity index (χ2v) is 4.10. The van der Waals surface area contributed by atoms with E-state index in [-0.39, 0.29) is 11.9 Å². The molecule has 6 heteroatoms. The van der Waals surface area contributed by atoms with Gasteiger partial charge in [0.1, 0.15) is 5.76 Å². The summed E-state index contributed by atoms with van der Waals surface area (Å²) >= 11 is 0. The molecule has 1 heterocycles. The van der Waals surface area contributed by atoms with Gasteiger partial charge in [0, 0.05) is 13.2 Å². The van der Waals surface area contributed by atoms with Crippen LogP contribution in [0.5, 0.6) is 0 Å². The van der Waals surface area contributed by atoms with Crippen molar-refractivity contribution in [1.82, 2.24) is 10.3 Å². The molecule has 6 nitrogen and oxygen atoms in total. The maximum absolute atomic E-state index is 11.5. The average molecular weight is 255 g/mol. The van der Waals surface area contributed by atoms with Crippen LogP contribution in [-0.2, 0) is 11.3 Å². The summed E-state index contributed by atoms with van der Waals surface area (Å²) in [5.41, 5.74) is 2.58. The van der Waals surface area contributed by atoms with Gasteiger partial charge in [0.2, 0.25) is 0 Å². The van der Waals surface area contributed by atoms with Crippen LogP contribution in [0.25, 0.3) is 0 Å². The minimum Gasteiger partial charge on any atom is -0.467 e. The van der Waals surface area contributed by atoms with E-state index in [1.54, 1.807) is 13.2 Å². The number of hydrazine groups is 1. The van der Waals surface area contributed by atoms with Crippen molar-refractivity contribution in [2.75, 3.05) is 20.3 Å². The highest BCUT2D eigenvalue weighted by atomic mass is 16.5. The zero-order chi connectivity index (χ0) is 13.5. The van der Waals surface area contributed by atoms with Gasteiger partial charge >= 0.3 is 0 Å². The summed E-state index contributed by atoms with van der Waals surface area (Å²) in [5.74, 6) is 5.40. The maximum atomic E-state index is 11.5. The molecule has 3 N–H and O–H groups in total. The van der Waals surface area contributed by atoms with Crippen LogP contribution >= 0.6 is 0 Å². The molecule has 1 atom stereocenters. The Hall–Kier alpha value is -1.37. The van der Waals surface area contributed by atoms with E-state index >= 15 is 0 Å². The summed E-state index contributed by atoms with van der Waals surface area (Å²) < 4.78 is 10.5. The Morgan fingerprint density at radius 1 is 1.67 bits per heavy atom. The molecule has 0 aliphatic heterocycles. The van der Waals surface area contributed by atoms with Gasteiger partial charge in [-0.3, -0.25) is 15.1 Å². The van der Waals surface area contributed by atoms with E-state index < -0.39 is 0 Å². The zero-order valence-corrected chi connectivity index (χ0v) is 11.1. The lowest BCUT2D eigenvalue weighted by Crippen LogP contribution is -2.36. The first kappa shape index (κ1) is 14.7. The van der Waals surface area contributed by atoms with E-state index in [1.807, 2.05) is 0 Å². The standard InChI is InChI=1S/C12H21N3O3/c1-4-15(9(2)8-17-3)7-11-10(5-6-18-11)12(16)14-13/h5-6,9H,4,7-8,13H2,1-3H3,(H,14,16). The van der Waals surface area contributed by atoms with Gasteiger partial charge in [0.05, 0.1) is 25.0 Å². The third kappa shape index (κ3) is 3.56. The highest BCUT2D eigenvalue weighted by molar-refractivity contribution is 5.94. The number of hydrogen-bond donors (Lipinski definition) is 2. The summed E-state index contributed by atoms with van der Waals surface area (Å²) in [5, 5.41) is 0. The van der Waals surface area contributed by atoms with Crippen molar-refractivity contribution in [3.63, 3.8) is 0 Å². The van der Waals surface area contributed by atoms with Crippen molar-refractivity contribution in [3.05, 3.63) is 23.7 Å². The Kier molecular flexibility index (Phi) is 5.84. The number of likely N-dealkylation sites (N-methyl/N-ethyl adjacent to an activating group) is 1. The fourth-order valence-corrected chi connectivity index (χ4v) is 1.85. The van der Waals surface area contributed by atoms with Gasteiger partial charge < -0.3 is 9.15 Å². The molecular weight excluding hydrogens is 234 g/mol. The van der Waals surface area contributed by atoms with Crippen molar-refractivity contribution in [3.8, 4) is 0 Å². The number of amides is 1. The number of ether oxygens (including phenoxy) is 1. The predicted octanol–water partition coefficient (Wildman–Crippen LogP) is 0.740. The van der Waals surface area contributed by atoms with Gasteiger partial charge in [0.15, 0.2) is 0 Å². The second kappa shape index (κ2) is 7.15. The number of methoxy groups -OCH3 is 1. The number of rotatable bonds is 7. The molecule has 0 aliphatic rings. The number of hydrogen-bond acceptors (Lipinski definition) is 5. The number of carbonyl (C=O) groups excluding carboxylic acids is 1. The normalized spacial score (nSPS) is 12.7. The minimum atomic E-state index is -0.339. The largest absolute Gasteiger partial charge is 0.467 e. The fourth-order valence-electron chi connectivity index (χ4n) is 1.85. The number of carbonyl (C=O) groups is 1. The quantitative estimate of drug-likeness (QED) is 0.427. The topological polar surface area (TPSA) is 80.7 Å². The number of nitrogens with zero attached hydrogens (tertiary/aromatic N) is 1. The Morgan fingerprint density at radius 2 is 2.39 bits per heavy atom. The first-order valence-electron chi connectivity index (χ1n) is 5.94. The lowest BCUT2D eigenvalue weighted by atomic mass is 10.2. The van der Waals surface area contributed by atoms with Crippen molar-refractivity contribution in [2.24, 2.45) is 5.84 Å². The van der Waals surface area contributed by atoms with Gasteiger partial charge in [-0.15, -0.1) is 0 Å². The summed E-state index contributed by atoms with van der Waals surface area (Å²) in [6.07, 6.45) is 1.49. The molecule has 1 amide bonds. The third-order valence-corrected chi connectivity index (χ3v) is 2.91. The number of nitrogens with one attached hydrogen (secondary N) is 1. The highest BCUT2D eigenvalue weighted by Gasteiger charge is 2.19. The molecular formula is C12H21N3O3. The third-order valence-electron chi connectivity index (χ3n) is 2.91. The molecule has 0 fully saturated rings. The van der Waals surface area contributed by atoms with Crippen LogP contribution in [0.1, 0.15) is 30.0 Å². The van der Waals surface area contributed by atoms with Crippen LogP contribution in [0.3, 0.4) is 0 Å². The molecule has 1 aromatic heterocycles. The van der Waals surface area contributed by atoms with E-state index in [9.17, 15) is 4.79 Å². The van der Waals surface area contributed by atoms with Crippen LogP contribution in [-0.4, -0.2) is 37.1 Å². The van der Waals surface area contributed by atoms with E-state index in [4.69, 9.17) is 15.0 Å². The molecule has 0 saturated heterocycles. The van der Waals surface area contributed by atoms with E-state index in [1.165, 1.54) is 6.26 Å². The predicted molar refractivity (Wildman–Crippen MR) is 67.8 cm³/mol. The highest BCUT2D eigenvalue weighted by Crippen LogP contribution is 2.15. The van der Waals surface area contributed by atoms with Crippen LogP contribution in [0.2, 0.25) is 0 Å². The number of nitrogens with two attached hydrogens (primary N) is 1. The fraction of sp³-hybridized carbons (Fsp3) is 0.583. The molecule has 0 radical (unpaired) electrons. The van der Waals surface area contributed by atoms with E-state index in [2.05, 4.69) is 24.2 Å². The Bertz CT molecular complexity index is 378. The lowest BCUT2D eigenvalue weighted by Gasteiger charge is -2.26. The smallest absolute Gasteiger partial charge is 0.268 e. The maximum Gasteiger partial charge on any atom is 0.268 e. The van der Waals surface area contributed by atoms with Crippen LogP contribution in [0.15, 0.2) is 16.7 Å². The molecule has 0 spiro atoms. The SMILES string of the molecule is CCN(Cc1occc1C(=O)NN)C(C)COC. The van der Waals surface area contributed by atoms with E-state index in [0.717, 1.165) is 6.54 Å². The van der Waals surface area contributed by atoms with E-state index in [0.29, 0.717) is 24.5 Å². The first-order valence-corrected chi connectivity index (χ1v) is 5.94. The van der Waals surface area contributed by atoms with Crippen LogP contribution < -0.4 is 11.3 Å². The molecule has 0 bridgehead atoms. The summed E-state index contributed by atoms with van der Waals surface area (Å²) in [6.45, 7) is 6.15. The molecule has 18 heavy (non-hydrogen) atoms. The van der Waals surface area contributed by atoms with Gasteiger partial charge in [0.25, 0.3) is 5.91 Å². The number of nitrogen functional groups attached to an aromatic ring is 1. The Morgan fingerprint density at radius 3 is 2.94 bits per heavy atom. The molecule has 0 saturated carbocycles. The second-order valence-electron chi connectivity index (χ2n) is 4.10. The summed E-state index contributed by atoms with van der Waals surface area (Å²) in [7, 11) is 1.67. The first-order chi connectivity index (χ1) is 8.63. The van der Waals surface area contributed by atoms with Crippen molar-refractivity contribution < 1.29 is 13.9 Å². The monoisotopic (exact) mass is 255 g/mol. The summed E-state index contributed by atoms with van der Waals surface area (Å²) in [4.78, 5) is 13.7. The van der Waals surface area contributed by atoms with Gasteiger partial charge in [-0.05, 0) is 19.5 Å². The Balaban J connectivity index is 2.76. The van der Waals surface area contributed by atoms with Crippen LogP contribution in [0, 0.1) is 0 Å².